The molecule has 0 spiro atoms. The summed E-state index contributed by atoms with van der Waals surface area (Å²) in [6.07, 6.45) is 1.27. The molecule has 0 saturated heterocycles. The van der Waals surface area contributed by atoms with E-state index in [9.17, 15) is 14.4 Å². The van der Waals surface area contributed by atoms with Gasteiger partial charge in [0.1, 0.15) is 5.25 Å². The molecule has 4 N–H and O–H groups in total. The Kier molecular flexibility index (Phi) is 8.05. The van der Waals surface area contributed by atoms with Crippen molar-refractivity contribution >= 4 is 40.9 Å². The van der Waals surface area contributed by atoms with E-state index in [0.29, 0.717) is 17.7 Å². The second-order valence-electron chi connectivity index (χ2n) is 7.16. The standard InChI is InChI=1S/C25H25N3O3S/c1-2-6-22(29)27-19-13-15-21(16-14-19)32-23(17-7-4-3-5-8-17)25(31)28-20-11-9-18(10-12-20)24(26)30/h3-5,7-16,23H,2,6H2,1H3,(H2,26,30)(H,27,29)(H,28,31). The van der Waals surface area contributed by atoms with E-state index in [1.165, 1.54) is 11.8 Å². The van der Waals surface area contributed by atoms with Crippen molar-refractivity contribution < 1.29 is 14.4 Å². The van der Waals surface area contributed by atoms with Crippen LogP contribution in [0.2, 0.25) is 0 Å². The molecule has 0 saturated carbocycles. The SMILES string of the molecule is CCCC(=O)Nc1ccc(SC(C(=O)Nc2ccc(C(N)=O)cc2)c2ccccc2)cc1. The molecule has 164 valence electrons. The molecule has 6 nitrogen and oxygen atoms in total. The number of hydrogen-bond acceptors (Lipinski definition) is 4. The van der Waals surface area contributed by atoms with Gasteiger partial charge in [-0.05, 0) is 60.5 Å². The summed E-state index contributed by atoms with van der Waals surface area (Å²) < 4.78 is 0. The first-order valence-corrected chi connectivity index (χ1v) is 11.2. The lowest BCUT2D eigenvalue weighted by atomic mass is 10.1. The molecule has 1 unspecified atom stereocenters. The number of anilines is 2. The van der Waals surface area contributed by atoms with E-state index >= 15 is 0 Å². The van der Waals surface area contributed by atoms with Gasteiger partial charge in [0.25, 0.3) is 0 Å². The highest BCUT2D eigenvalue weighted by molar-refractivity contribution is 8.00. The van der Waals surface area contributed by atoms with E-state index in [4.69, 9.17) is 5.73 Å². The molecule has 3 amide bonds. The Hall–Kier alpha value is -3.58. The van der Waals surface area contributed by atoms with Gasteiger partial charge in [0.2, 0.25) is 17.7 Å². The van der Waals surface area contributed by atoms with Crippen molar-refractivity contribution in [3.63, 3.8) is 0 Å². The Morgan fingerprint density at radius 3 is 2.03 bits per heavy atom. The number of amides is 3. The third kappa shape index (κ3) is 6.46. The van der Waals surface area contributed by atoms with Crippen LogP contribution in [0.5, 0.6) is 0 Å². The maximum absolute atomic E-state index is 13.1. The normalized spacial score (nSPS) is 11.4. The lowest BCUT2D eigenvalue weighted by Crippen LogP contribution is -2.19. The van der Waals surface area contributed by atoms with Crippen LogP contribution in [0.15, 0.2) is 83.8 Å². The Morgan fingerprint density at radius 2 is 1.44 bits per heavy atom. The number of nitrogens with two attached hydrogens (primary N) is 1. The molecule has 3 aromatic carbocycles. The number of carbonyl (C=O) groups is 3. The minimum absolute atomic E-state index is 0.0169. The molecule has 7 heteroatoms. The van der Waals surface area contributed by atoms with E-state index in [1.807, 2.05) is 61.5 Å². The van der Waals surface area contributed by atoms with Gasteiger partial charge in [0, 0.05) is 28.3 Å². The maximum Gasteiger partial charge on any atom is 0.248 e. The monoisotopic (exact) mass is 447 g/mol. The fourth-order valence-electron chi connectivity index (χ4n) is 3.03. The Labute approximate surface area is 191 Å². The summed E-state index contributed by atoms with van der Waals surface area (Å²) in [7, 11) is 0. The highest BCUT2D eigenvalue weighted by Crippen LogP contribution is 2.36. The number of hydrogen-bond donors (Lipinski definition) is 3. The average molecular weight is 448 g/mol. The molecular weight excluding hydrogens is 422 g/mol. The average Bonchev–Trinajstić information content (AvgIpc) is 2.79. The first kappa shape index (κ1) is 23.1. The first-order chi connectivity index (χ1) is 15.5. The van der Waals surface area contributed by atoms with Gasteiger partial charge in [-0.15, -0.1) is 11.8 Å². The third-order valence-corrected chi connectivity index (χ3v) is 5.91. The topological polar surface area (TPSA) is 101 Å². The van der Waals surface area contributed by atoms with Gasteiger partial charge in [-0.25, -0.2) is 0 Å². The zero-order chi connectivity index (χ0) is 22.9. The summed E-state index contributed by atoms with van der Waals surface area (Å²) >= 11 is 1.42. The molecule has 0 aromatic heterocycles. The van der Waals surface area contributed by atoms with Crippen LogP contribution in [0.1, 0.15) is 40.9 Å². The zero-order valence-corrected chi connectivity index (χ0v) is 18.5. The van der Waals surface area contributed by atoms with E-state index < -0.39 is 11.2 Å². The number of rotatable bonds is 9. The number of thioether (sulfide) groups is 1. The summed E-state index contributed by atoms with van der Waals surface area (Å²) in [6, 6.07) is 23.4. The van der Waals surface area contributed by atoms with Crippen LogP contribution < -0.4 is 16.4 Å². The van der Waals surface area contributed by atoms with Crippen molar-refractivity contribution in [1.29, 1.82) is 0 Å². The fourth-order valence-corrected chi connectivity index (χ4v) is 4.05. The highest BCUT2D eigenvalue weighted by atomic mass is 32.2. The minimum atomic E-state index is -0.519. The van der Waals surface area contributed by atoms with Gasteiger partial charge < -0.3 is 16.4 Å². The molecule has 32 heavy (non-hydrogen) atoms. The largest absolute Gasteiger partial charge is 0.366 e. The lowest BCUT2D eigenvalue weighted by molar-refractivity contribution is -0.116. The van der Waals surface area contributed by atoms with E-state index in [0.717, 1.165) is 22.6 Å². The second-order valence-corrected chi connectivity index (χ2v) is 8.34. The molecule has 0 radical (unpaired) electrons. The quantitative estimate of drug-likeness (QED) is 0.402. The first-order valence-electron chi connectivity index (χ1n) is 10.3. The van der Waals surface area contributed by atoms with Gasteiger partial charge >= 0.3 is 0 Å². The Bertz CT molecular complexity index is 1070. The molecule has 0 aliphatic carbocycles. The van der Waals surface area contributed by atoms with Gasteiger partial charge in [-0.1, -0.05) is 37.3 Å². The van der Waals surface area contributed by atoms with Crippen LogP contribution >= 0.6 is 11.8 Å². The van der Waals surface area contributed by atoms with Crippen LogP contribution in [0.4, 0.5) is 11.4 Å². The van der Waals surface area contributed by atoms with Crippen LogP contribution in [-0.4, -0.2) is 17.7 Å². The summed E-state index contributed by atoms with van der Waals surface area (Å²) in [5.41, 5.74) is 7.82. The van der Waals surface area contributed by atoms with Crippen LogP contribution in [0, 0.1) is 0 Å². The van der Waals surface area contributed by atoms with E-state index in [2.05, 4.69) is 10.6 Å². The molecule has 3 rings (SSSR count). The third-order valence-electron chi connectivity index (χ3n) is 4.65. The molecule has 0 bridgehead atoms. The van der Waals surface area contributed by atoms with Crippen LogP contribution in [-0.2, 0) is 9.59 Å². The Balaban J connectivity index is 1.75. The fraction of sp³-hybridized carbons (Fsp3) is 0.160. The highest BCUT2D eigenvalue weighted by Gasteiger charge is 2.22. The van der Waals surface area contributed by atoms with Crippen molar-refractivity contribution in [2.24, 2.45) is 5.73 Å². The molecular formula is C25H25N3O3S. The number of carbonyl (C=O) groups excluding carboxylic acids is 3. The van der Waals surface area contributed by atoms with Gasteiger partial charge in [-0.2, -0.15) is 0 Å². The number of primary amides is 1. The predicted octanol–water partition coefficient (Wildman–Crippen LogP) is 5.00. The van der Waals surface area contributed by atoms with Crippen molar-refractivity contribution in [3.05, 3.63) is 90.0 Å². The van der Waals surface area contributed by atoms with Crippen molar-refractivity contribution in [3.8, 4) is 0 Å². The molecule has 0 fully saturated rings. The van der Waals surface area contributed by atoms with Gasteiger partial charge in [0.15, 0.2) is 0 Å². The van der Waals surface area contributed by atoms with E-state index in [1.54, 1.807) is 24.3 Å². The zero-order valence-electron chi connectivity index (χ0n) is 17.7. The Morgan fingerprint density at radius 1 is 0.844 bits per heavy atom. The summed E-state index contributed by atoms with van der Waals surface area (Å²) in [6.45, 7) is 1.96. The summed E-state index contributed by atoms with van der Waals surface area (Å²) in [4.78, 5) is 37.1. The molecule has 0 heterocycles. The molecule has 0 aliphatic rings. The maximum atomic E-state index is 13.1. The minimum Gasteiger partial charge on any atom is -0.366 e. The van der Waals surface area contributed by atoms with Crippen molar-refractivity contribution in [2.45, 2.75) is 29.9 Å². The number of nitrogens with one attached hydrogen (secondary N) is 2. The smallest absolute Gasteiger partial charge is 0.248 e. The molecule has 0 aliphatic heterocycles. The van der Waals surface area contributed by atoms with Crippen molar-refractivity contribution in [1.82, 2.24) is 0 Å². The number of benzene rings is 3. The van der Waals surface area contributed by atoms with Gasteiger partial charge in [0.05, 0.1) is 0 Å². The van der Waals surface area contributed by atoms with Crippen LogP contribution in [0.25, 0.3) is 0 Å². The summed E-state index contributed by atoms with van der Waals surface area (Å²) in [5.74, 6) is -0.722. The van der Waals surface area contributed by atoms with Crippen LogP contribution in [0.3, 0.4) is 0 Å². The second kappa shape index (κ2) is 11.2. The molecule has 1 atom stereocenters. The summed E-state index contributed by atoms with van der Waals surface area (Å²) in [5, 5.41) is 5.28. The predicted molar refractivity (Wildman–Crippen MR) is 129 cm³/mol. The van der Waals surface area contributed by atoms with E-state index in [-0.39, 0.29) is 11.8 Å². The molecule has 3 aromatic rings. The van der Waals surface area contributed by atoms with Gasteiger partial charge in [-0.3, -0.25) is 14.4 Å². The lowest BCUT2D eigenvalue weighted by Gasteiger charge is -2.17. The van der Waals surface area contributed by atoms with Crippen molar-refractivity contribution in [2.75, 3.05) is 10.6 Å².